The maximum atomic E-state index is 13.3. The molecular weight excluding hydrogens is 452 g/mol. The first kappa shape index (κ1) is 23.4. The number of amides is 2. The van der Waals surface area contributed by atoms with Crippen LogP contribution in [-0.4, -0.2) is 19.1 Å². The number of carbonyl (C=O) groups is 2. The average molecular weight is 477 g/mol. The van der Waals surface area contributed by atoms with Crippen LogP contribution in [0.2, 0.25) is 5.02 Å². The Hall–Kier alpha value is -3.77. The monoisotopic (exact) mass is 476 g/mol. The van der Waals surface area contributed by atoms with Crippen LogP contribution in [0, 0.1) is 0 Å². The molecule has 0 aliphatic carbocycles. The van der Waals surface area contributed by atoms with Gasteiger partial charge in [0.15, 0.2) is 0 Å². The predicted octanol–water partition coefficient (Wildman–Crippen LogP) is 5.33. The average Bonchev–Trinajstić information content (AvgIpc) is 2.87. The fraction of sp³-hybridized carbons (Fsp3) is 0.185. The Labute approximate surface area is 203 Å². The van der Waals surface area contributed by atoms with Gasteiger partial charge < -0.3 is 20.1 Å². The Morgan fingerprint density at radius 3 is 2.29 bits per heavy atom. The molecule has 6 nitrogen and oxygen atoms in total. The molecule has 7 heteroatoms. The summed E-state index contributed by atoms with van der Waals surface area (Å²) in [5.41, 5.74) is 3.60. The first-order valence-electron chi connectivity index (χ1n) is 10.9. The lowest BCUT2D eigenvalue weighted by Crippen LogP contribution is -2.46. The standard InChI is InChI=1S/C27H25ClN2O4/c1-33-22-14-7-18(8-15-22)9-16-23-24(26(31)34-17-19-5-3-2-4-6-19)25(30-27(32)29-23)20-10-12-21(28)13-11-20/h2-8,10-15,25H,9,16-17H2,1H3,(H2,29,30,32). The van der Waals surface area contributed by atoms with Gasteiger partial charge >= 0.3 is 12.0 Å². The van der Waals surface area contributed by atoms with Crippen LogP contribution in [0.3, 0.4) is 0 Å². The predicted molar refractivity (Wildman–Crippen MR) is 130 cm³/mol. The van der Waals surface area contributed by atoms with Gasteiger partial charge in [0.05, 0.1) is 18.7 Å². The van der Waals surface area contributed by atoms with Crippen molar-refractivity contribution in [1.29, 1.82) is 0 Å². The SMILES string of the molecule is COc1ccc(CCC2=C(C(=O)OCc3ccccc3)C(c3ccc(Cl)cc3)NC(=O)N2)cc1. The van der Waals surface area contributed by atoms with Crippen LogP contribution in [0.1, 0.15) is 29.2 Å². The summed E-state index contributed by atoms with van der Waals surface area (Å²) in [6.07, 6.45) is 1.09. The van der Waals surface area contributed by atoms with Crippen molar-refractivity contribution in [2.45, 2.75) is 25.5 Å². The second-order valence-corrected chi connectivity index (χ2v) is 8.32. The highest BCUT2D eigenvalue weighted by Gasteiger charge is 2.33. The minimum atomic E-state index is -0.653. The number of halogens is 1. The lowest BCUT2D eigenvalue weighted by molar-refractivity contribution is -0.140. The van der Waals surface area contributed by atoms with E-state index in [2.05, 4.69) is 10.6 Å². The van der Waals surface area contributed by atoms with Crippen LogP contribution in [0.25, 0.3) is 0 Å². The van der Waals surface area contributed by atoms with E-state index in [1.54, 1.807) is 31.4 Å². The summed E-state index contributed by atoms with van der Waals surface area (Å²) in [6.45, 7) is 0.135. The van der Waals surface area contributed by atoms with Crippen molar-refractivity contribution in [3.8, 4) is 5.75 Å². The van der Waals surface area contributed by atoms with E-state index in [1.807, 2.05) is 54.6 Å². The van der Waals surface area contributed by atoms with Gasteiger partial charge in [-0.25, -0.2) is 9.59 Å². The lowest BCUT2D eigenvalue weighted by atomic mass is 9.93. The van der Waals surface area contributed by atoms with E-state index in [1.165, 1.54) is 0 Å². The fourth-order valence-electron chi connectivity index (χ4n) is 3.82. The first-order chi connectivity index (χ1) is 16.5. The molecule has 174 valence electrons. The summed E-state index contributed by atoms with van der Waals surface area (Å²) in [4.78, 5) is 25.8. The van der Waals surface area contributed by atoms with Crippen molar-refractivity contribution in [3.63, 3.8) is 0 Å². The number of allylic oxidation sites excluding steroid dienone is 1. The molecule has 0 saturated carbocycles. The zero-order valence-corrected chi connectivity index (χ0v) is 19.5. The third kappa shape index (κ3) is 5.77. The second-order valence-electron chi connectivity index (χ2n) is 7.89. The fourth-order valence-corrected chi connectivity index (χ4v) is 3.95. The maximum Gasteiger partial charge on any atom is 0.338 e. The summed E-state index contributed by atoms with van der Waals surface area (Å²) in [5, 5.41) is 6.25. The van der Waals surface area contributed by atoms with E-state index in [0.29, 0.717) is 29.1 Å². The molecule has 1 aliphatic heterocycles. The van der Waals surface area contributed by atoms with Crippen LogP contribution < -0.4 is 15.4 Å². The number of ether oxygens (including phenoxy) is 2. The summed E-state index contributed by atoms with van der Waals surface area (Å²) in [5.74, 6) is 0.284. The molecule has 0 saturated heterocycles. The van der Waals surface area contributed by atoms with E-state index >= 15 is 0 Å². The highest BCUT2D eigenvalue weighted by Crippen LogP contribution is 2.30. The van der Waals surface area contributed by atoms with Gasteiger partial charge in [0.25, 0.3) is 0 Å². The van der Waals surface area contributed by atoms with Crippen LogP contribution in [-0.2, 0) is 22.6 Å². The van der Waals surface area contributed by atoms with Crippen molar-refractivity contribution in [1.82, 2.24) is 10.6 Å². The van der Waals surface area contributed by atoms with Crippen LogP contribution in [0.5, 0.6) is 5.75 Å². The largest absolute Gasteiger partial charge is 0.497 e. The Morgan fingerprint density at radius 1 is 0.912 bits per heavy atom. The molecule has 4 rings (SSSR count). The van der Waals surface area contributed by atoms with Crippen molar-refractivity contribution in [2.24, 2.45) is 0 Å². The highest BCUT2D eigenvalue weighted by atomic mass is 35.5. The number of aryl methyl sites for hydroxylation is 1. The van der Waals surface area contributed by atoms with E-state index in [9.17, 15) is 9.59 Å². The van der Waals surface area contributed by atoms with E-state index < -0.39 is 12.0 Å². The quantitative estimate of drug-likeness (QED) is 0.431. The number of carbonyl (C=O) groups excluding carboxylic acids is 2. The van der Waals surface area contributed by atoms with Crippen molar-refractivity contribution < 1.29 is 19.1 Å². The topological polar surface area (TPSA) is 76.7 Å². The van der Waals surface area contributed by atoms with Gasteiger partial charge in [-0.2, -0.15) is 0 Å². The molecule has 3 aromatic carbocycles. The number of methoxy groups -OCH3 is 1. The number of esters is 1. The molecule has 3 aromatic rings. The van der Waals surface area contributed by atoms with Crippen LogP contribution in [0.15, 0.2) is 90.1 Å². The maximum absolute atomic E-state index is 13.3. The highest BCUT2D eigenvalue weighted by molar-refractivity contribution is 6.30. The van der Waals surface area contributed by atoms with Gasteiger partial charge in [0.1, 0.15) is 12.4 Å². The van der Waals surface area contributed by atoms with Gasteiger partial charge in [0.2, 0.25) is 0 Å². The second kappa shape index (κ2) is 10.9. The Balaban J connectivity index is 1.63. The third-order valence-electron chi connectivity index (χ3n) is 5.61. The van der Waals surface area contributed by atoms with Crippen molar-refractivity contribution in [3.05, 3.63) is 112 Å². The van der Waals surface area contributed by atoms with Crippen LogP contribution in [0.4, 0.5) is 4.79 Å². The van der Waals surface area contributed by atoms with Gasteiger partial charge in [-0.05, 0) is 53.8 Å². The molecule has 0 bridgehead atoms. The Morgan fingerprint density at radius 2 is 1.62 bits per heavy atom. The van der Waals surface area contributed by atoms with Gasteiger partial charge in [-0.3, -0.25) is 0 Å². The summed E-state index contributed by atoms with van der Waals surface area (Å²) < 4.78 is 10.9. The van der Waals surface area contributed by atoms with Gasteiger partial charge in [0, 0.05) is 10.7 Å². The van der Waals surface area contributed by atoms with E-state index in [0.717, 1.165) is 22.4 Å². The zero-order chi connectivity index (χ0) is 23.9. The van der Waals surface area contributed by atoms with Crippen molar-refractivity contribution >= 4 is 23.6 Å². The number of hydrogen-bond donors (Lipinski definition) is 2. The number of rotatable bonds is 8. The molecule has 0 aromatic heterocycles. The molecule has 34 heavy (non-hydrogen) atoms. The number of nitrogens with one attached hydrogen (secondary N) is 2. The number of benzene rings is 3. The third-order valence-corrected chi connectivity index (χ3v) is 5.86. The van der Waals surface area contributed by atoms with Gasteiger partial charge in [-0.1, -0.05) is 66.2 Å². The molecule has 1 aliphatic rings. The molecule has 1 heterocycles. The molecular formula is C27H25ClN2O4. The number of hydrogen-bond acceptors (Lipinski definition) is 4. The molecule has 1 atom stereocenters. The number of urea groups is 1. The lowest BCUT2D eigenvalue weighted by Gasteiger charge is -2.29. The first-order valence-corrected chi connectivity index (χ1v) is 11.3. The molecule has 2 amide bonds. The Bertz CT molecular complexity index is 1180. The normalized spacial score (nSPS) is 15.4. The molecule has 0 spiro atoms. The molecule has 1 unspecified atom stereocenters. The minimum Gasteiger partial charge on any atom is -0.497 e. The summed E-state index contributed by atoms with van der Waals surface area (Å²) in [7, 11) is 1.62. The smallest absolute Gasteiger partial charge is 0.338 e. The van der Waals surface area contributed by atoms with Crippen LogP contribution >= 0.6 is 11.6 Å². The summed E-state index contributed by atoms with van der Waals surface area (Å²) >= 11 is 6.05. The van der Waals surface area contributed by atoms with Crippen molar-refractivity contribution in [2.75, 3.05) is 7.11 Å². The van der Waals surface area contributed by atoms with E-state index in [-0.39, 0.29) is 12.6 Å². The minimum absolute atomic E-state index is 0.135. The molecule has 2 N–H and O–H groups in total. The molecule has 0 radical (unpaired) electrons. The van der Waals surface area contributed by atoms with Gasteiger partial charge in [-0.15, -0.1) is 0 Å². The molecule has 0 fully saturated rings. The summed E-state index contributed by atoms with van der Waals surface area (Å²) in [6, 6.07) is 23.2. The zero-order valence-electron chi connectivity index (χ0n) is 18.7. The Kier molecular flexibility index (Phi) is 7.50. The van der Waals surface area contributed by atoms with E-state index in [4.69, 9.17) is 21.1 Å².